The molecule has 10 heavy (non-hydrogen) atoms. The summed E-state index contributed by atoms with van der Waals surface area (Å²) >= 11 is 0. The lowest BCUT2D eigenvalue weighted by atomic mass is 9.97. The molecule has 1 unspecified atom stereocenters. The molecule has 0 aromatic heterocycles. The van der Waals surface area contributed by atoms with Crippen molar-refractivity contribution in [2.75, 3.05) is 13.1 Å². The van der Waals surface area contributed by atoms with E-state index >= 15 is 0 Å². The van der Waals surface area contributed by atoms with Crippen LogP contribution in [0, 0.1) is 0 Å². The van der Waals surface area contributed by atoms with E-state index in [0.717, 1.165) is 6.42 Å². The summed E-state index contributed by atoms with van der Waals surface area (Å²) in [4.78, 5) is 0. The Morgan fingerprint density at radius 2 is 2.80 bits per heavy atom. The molecule has 2 fully saturated rings. The molecule has 0 aliphatic carbocycles. The van der Waals surface area contributed by atoms with Gasteiger partial charge in [0.2, 0.25) is 0 Å². The zero-order valence-corrected chi connectivity index (χ0v) is 6.00. The number of nitrogens with one attached hydrogen (secondary N) is 1. The maximum atomic E-state index is 9.64. The molecule has 3 nitrogen and oxygen atoms in total. The lowest BCUT2D eigenvalue weighted by Crippen LogP contribution is -2.40. The van der Waals surface area contributed by atoms with Crippen molar-refractivity contribution in [3.05, 3.63) is 0 Å². The van der Waals surface area contributed by atoms with E-state index in [2.05, 4.69) is 5.32 Å². The Hall–Kier alpha value is -0.120. The highest BCUT2D eigenvalue weighted by Gasteiger charge is 2.53. The fraction of sp³-hybridized carbons (Fsp3) is 1.00. The smallest absolute Gasteiger partial charge is 0.108 e. The number of rotatable bonds is 1. The first-order chi connectivity index (χ1) is 5.19. The van der Waals surface area contributed by atoms with Gasteiger partial charge < -0.3 is 15.2 Å². The molecule has 0 amide bonds. The van der Waals surface area contributed by atoms with Gasteiger partial charge in [-0.15, -0.1) is 0 Å². The number of morpholine rings is 1. The predicted octanol–water partition coefficient (Wildman–Crippen LogP) is -0.502. The minimum absolute atomic E-state index is 0.171. The molecule has 0 aromatic carbocycles. The van der Waals surface area contributed by atoms with E-state index in [0.29, 0.717) is 6.54 Å². The molecule has 2 aliphatic heterocycles. The van der Waals surface area contributed by atoms with Gasteiger partial charge in [-0.3, -0.25) is 0 Å². The van der Waals surface area contributed by atoms with Crippen molar-refractivity contribution < 1.29 is 11.2 Å². The highest BCUT2D eigenvalue weighted by atomic mass is 16.5. The maximum Gasteiger partial charge on any atom is 0.108 e. The largest absolute Gasteiger partial charge is 0.388 e. The second kappa shape index (κ2) is 1.94. The summed E-state index contributed by atoms with van der Waals surface area (Å²) in [5, 5.41) is 12.7. The van der Waals surface area contributed by atoms with E-state index in [9.17, 15) is 5.11 Å². The third-order valence-electron chi connectivity index (χ3n) is 2.56. The van der Waals surface area contributed by atoms with Gasteiger partial charge in [0.15, 0.2) is 0 Å². The van der Waals surface area contributed by atoms with Crippen molar-refractivity contribution >= 4 is 0 Å². The third kappa shape index (κ3) is 0.603. The first-order valence-corrected chi connectivity index (χ1v) is 3.71. The van der Waals surface area contributed by atoms with E-state index in [4.69, 9.17) is 6.11 Å². The van der Waals surface area contributed by atoms with Gasteiger partial charge in [-0.1, -0.05) is 6.92 Å². The Morgan fingerprint density at radius 3 is 3.10 bits per heavy atom. The second-order valence-electron chi connectivity index (χ2n) is 3.02. The van der Waals surface area contributed by atoms with Crippen LogP contribution < -0.4 is 5.32 Å². The number of aliphatic hydroxyl groups excluding tert-OH is 1. The monoisotopic (exact) mass is 145 g/mol. The minimum atomic E-state index is -0.585. The van der Waals surface area contributed by atoms with E-state index in [1.54, 1.807) is 0 Å². The van der Waals surface area contributed by atoms with Crippen molar-refractivity contribution in [3.8, 4) is 0 Å². The molecule has 3 heteroatoms. The standard InChI is InChI=1S/C7H13NO2/c1-2-7-4-8-5(3-10-7)6(7)9/h5-6,8-9H,2-4H2,1H3/t5?,6-,7+/m0/s1/i3T/t3-,5?,6-,7+. The van der Waals surface area contributed by atoms with Crippen LogP contribution in [0.25, 0.3) is 0 Å². The molecule has 0 aromatic rings. The Bertz CT molecular complexity index is 178. The van der Waals surface area contributed by atoms with Crippen molar-refractivity contribution in [2.24, 2.45) is 0 Å². The molecular formula is C7H13NO2. The maximum absolute atomic E-state index is 9.64. The quantitative estimate of drug-likeness (QED) is 0.522. The van der Waals surface area contributed by atoms with Gasteiger partial charge in [-0.25, -0.2) is 0 Å². The SMILES string of the molecule is [3H][C@@H]1O[C@]2(CC)CNC1[C@@H]2O. The molecule has 0 radical (unpaired) electrons. The first kappa shape index (κ1) is 5.52. The molecule has 2 saturated heterocycles. The van der Waals surface area contributed by atoms with Gasteiger partial charge in [0.25, 0.3) is 0 Å². The molecule has 2 aliphatic rings. The highest BCUT2D eigenvalue weighted by molar-refractivity contribution is 5.07. The van der Waals surface area contributed by atoms with Gasteiger partial charge >= 0.3 is 0 Å². The van der Waals surface area contributed by atoms with Crippen LogP contribution in [0.15, 0.2) is 0 Å². The summed E-state index contributed by atoms with van der Waals surface area (Å²) in [6.45, 7) is 2.08. The lowest BCUT2D eigenvalue weighted by Gasteiger charge is -2.26. The summed E-state index contributed by atoms with van der Waals surface area (Å²) in [7, 11) is 0. The van der Waals surface area contributed by atoms with Crippen LogP contribution in [-0.2, 0) is 4.74 Å². The molecular weight excluding hydrogens is 130 g/mol. The fourth-order valence-electron chi connectivity index (χ4n) is 1.69. The molecule has 0 saturated carbocycles. The van der Waals surface area contributed by atoms with Crippen LogP contribution >= 0.6 is 0 Å². The molecule has 2 heterocycles. The van der Waals surface area contributed by atoms with Crippen LogP contribution in [0.3, 0.4) is 0 Å². The summed E-state index contributed by atoms with van der Waals surface area (Å²) in [6, 6.07) is -0.171. The Labute approximate surface area is 61.8 Å². The molecule has 2 rings (SSSR count). The Morgan fingerprint density at radius 1 is 2.00 bits per heavy atom. The zero-order valence-electron chi connectivity index (χ0n) is 7.00. The van der Waals surface area contributed by atoms with Gasteiger partial charge in [-0.2, -0.15) is 0 Å². The Balaban J connectivity index is 2.24. The summed E-state index contributed by atoms with van der Waals surface area (Å²) < 4.78 is 12.8. The predicted molar refractivity (Wildman–Crippen MR) is 36.8 cm³/mol. The van der Waals surface area contributed by atoms with Crippen LogP contribution in [0.5, 0.6) is 0 Å². The van der Waals surface area contributed by atoms with Crippen molar-refractivity contribution in [1.82, 2.24) is 5.32 Å². The highest BCUT2D eigenvalue weighted by Crippen LogP contribution is 2.34. The summed E-state index contributed by atoms with van der Waals surface area (Å²) in [6.07, 6.45) is 0.280. The van der Waals surface area contributed by atoms with Crippen LogP contribution in [0.2, 0.25) is 0 Å². The first-order valence-electron chi connectivity index (χ1n) is 4.29. The number of aliphatic hydroxyl groups is 1. The lowest BCUT2D eigenvalue weighted by molar-refractivity contribution is -0.0500. The molecule has 2 N–H and O–H groups in total. The number of fused-ring (bicyclic) bond motifs is 2. The average molecular weight is 145 g/mol. The van der Waals surface area contributed by atoms with Crippen LogP contribution in [-0.4, -0.2) is 36.0 Å². The Kier molecular flexibility index (Phi) is 1.07. The van der Waals surface area contributed by atoms with Crippen LogP contribution in [0.1, 0.15) is 14.7 Å². The summed E-state index contributed by atoms with van der Waals surface area (Å²) in [5.41, 5.74) is -0.461. The van der Waals surface area contributed by atoms with E-state index in [1.165, 1.54) is 0 Å². The van der Waals surface area contributed by atoms with Crippen LogP contribution in [0.4, 0.5) is 0 Å². The van der Waals surface area contributed by atoms with Gasteiger partial charge in [0.1, 0.15) is 11.7 Å². The second-order valence-corrected chi connectivity index (χ2v) is 3.02. The van der Waals surface area contributed by atoms with E-state index < -0.39 is 18.3 Å². The van der Waals surface area contributed by atoms with Crippen molar-refractivity contribution in [3.63, 3.8) is 0 Å². The average Bonchev–Trinajstić information content (AvgIpc) is 2.42. The number of hydrogen-bond acceptors (Lipinski definition) is 3. The zero-order chi connectivity index (χ0) is 8.06. The summed E-state index contributed by atoms with van der Waals surface area (Å²) in [5.74, 6) is 0. The number of hydrogen-bond donors (Lipinski definition) is 2. The van der Waals surface area contributed by atoms with Crippen molar-refractivity contribution in [1.29, 1.82) is 0 Å². The molecule has 2 bridgehead atoms. The van der Waals surface area contributed by atoms with E-state index in [1.807, 2.05) is 6.92 Å². The van der Waals surface area contributed by atoms with E-state index in [-0.39, 0.29) is 6.04 Å². The third-order valence-corrected chi connectivity index (χ3v) is 2.56. The van der Waals surface area contributed by atoms with Gasteiger partial charge in [0, 0.05) is 6.54 Å². The van der Waals surface area contributed by atoms with Gasteiger partial charge in [-0.05, 0) is 6.42 Å². The number of ether oxygens (including phenoxy) is 1. The fourth-order valence-corrected chi connectivity index (χ4v) is 1.69. The van der Waals surface area contributed by atoms with Crippen molar-refractivity contribution in [2.45, 2.75) is 31.1 Å². The molecule has 58 valence electrons. The van der Waals surface area contributed by atoms with Gasteiger partial charge in [0.05, 0.1) is 14.0 Å². The molecule has 4 atom stereocenters. The minimum Gasteiger partial charge on any atom is -0.388 e. The topological polar surface area (TPSA) is 41.5 Å². The normalized spacial score (nSPS) is 61.0. The molecule has 0 spiro atoms.